The number of nitrogens with one attached hydrogen (secondary N) is 3. The smallest absolute Gasteiger partial charge is 0.387 e. The highest BCUT2D eigenvalue weighted by molar-refractivity contribution is 7.51. The largest absolute Gasteiger partial charge is 0.432 e. The molecule has 16 heteroatoms. The van der Waals surface area contributed by atoms with Crippen molar-refractivity contribution in [1.29, 1.82) is 0 Å². The van der Waals surface area contributed by atoms with Crippen LogP contribution in [0, 0.1) is 6.92 Å². The quantitative estimate of drug-likeness (QED) is 0.190. The van der Waals surface area contributed by atoms with E-state index in [0.29, 0.717) is 5.69 Å². The van der Waals surface area contributed by atoms with Crippen LogP contribution in [0.2, 0.25) is 0 Å². The summed E-state index contributed by atoms with van der Waals surface area (Å²) in [6.07, 6.45) is -1.93. The number of nitrogens with zero attached hydrogens (tertiary/aromatic N) is 2. The molecule has 0 bridgehead atoms. The zero-order chi connectivity index (χ0) is 23.6. The number of imidazole rings is 1. The lowest BCUT2D eigenvalue weighted by atomic mass is 10.1. The van der Waals surface area contributed by atoms with E-state index in [-0.39, 0.29) is 12.0 Å². The van der Waals surface area contributed by atoms with E-state index < -0.39 is 62.1 Å². The number of aromatic amines is 2. The fraction of sp³-hybridized carbons (Fsp3) is 0.500. The molecule has 176 valence electrons. The number of hydrogen-bond donors (Lipinski definition) is 7. The second-order valence-corrected chi connectivity index (χ2v) is 8.73. The van der Waals surface area contributed by atoms with Crippen molar-refractivity contribution in [3.05, 3.63) is 50.8 Å². The Hall–Kier alpha value is -2.65. The summed E-state index contributed by atoms with van der Waals surface area (Å²) < 4.78 is 23.3. The average molecular weight is 474 g/mol. The first-order valence-corrected chi connectivity index (χ1v) is 10.9. The number of aromatic nitrogens is 4. The molecule has 2 aromatic heterocycles. The van der Waals surface area contributed by atoms with Crippen LogP contribution in [-0.4, -0.2) is 71.5 Å². The minimum atomic E-state index is -4.70. The van der Waals surface area contributed by atoms with Crippen LogP contribution in [0.5, 0.6) is 0 Å². The van der Waals surface area contributed by atoms with Gasteiger partial charge in [-0.15, -0.1) is 0 Å². The topological polar surface area (TPSA) is 235 Å². The van der Waals surface area contributed by atoms with Crippen LogP contribution < -0.4 is 22.1 Å². The predicted octanol–water partition coefficient (Wildman–Crippen LogP) is -3.01. The molecule has 0 aromatic carbocycles. The first-order chi connectivity index (χ1) is 15.0. The SMILES string of the molecule is Cc1cn([C@H]2O[C@H](COP(=O)(O)NC(=O)[C@@H](N)Cc3cnc[nH]3)[C@@H](O)[C@H]2O)c(=O)[nH]c1=O. The van der Waals surface area contributed by atoms with Gasteiger partial charge >= 0.3 is 13.4 Å². The van der Waals surface area contributed by atoms with E-state index in [1.54, 1.807) is 5.09 Å². The minimum Gasteiger partial charge on any atom is -0.387 e. The molecule has 3 heterocycles. The number of carbonyl (C=O) groups excluding carboxylic acids is 1. The second kappa shape index (κ2) is 9.46. The minimum absolute atomic E-state index is 0.0253. The van der Waals surface area contributed by atoms with Gasteiger partial charge in [-0.05, 0) is 6.92 Å². The van der Waals surface area contributed by atoms with Crippen LogP contribution in [0.4, 0.5) is 0 Å². The van der Waals surface area contributed by atoms with Crippen LogP contribution in [0.25, 0.3) is 0 Å². The summed E-state index contributed by atoms with van der Waals surface area (Å²) in [6, 6.07) is -1.17. The van der Waals surface area contributed by atoms with Gasteiger partial charge in [0, 0.05) is 30.1 Å². The molecule has 1 aliphatic heterocycles. The molecule has 15 nitrogen and oxygen atoms in total. The molecule has 2 aromatic rings. The number of H-pyrrole nitrogens is 2. The lowest BCUT2D eigenvalue weighted by molar-refractivity contribution is -0.121. The number of aliphatic hydroxyl groups excluding tert-OH is 2. The highest BCUT2D eigenvalue weighted by Crippen LogP contribution is 2.39. The van der Waals surface area contributed by atoms with Crippen LogP contribution in [0.1, 0.15) is 17.5 Å². The summed E-state index contributed by atoms with van der Waals surface area (Å²) in [5, 5.41) is 22.2. The average Bonchev–Trinajstić information content (AvgIpc) is 3.32. The Bertz CT molecular complexity index is 1120. The summed E-state index contributed by atoms with van der Waals surface area (Å²) in [7, 11) is -4.70. The zero-order valence-corrected chi connectivity index (χ0v) is 17.6. The summed E-state index contributed by atoms with van der Waals surface area (Å²) in [5.41, 5.74) is 4.88. The molecule has 6 atom stereocenters. The predicted molar refractivity (Wildman–Crippen MR) is 106 cm³/mol. The number of amides is 1. The maximum Gasteiger partial charge on any atom is 0.432 e. The molecule has 1 amide bonds. The number of hydrogen-bond acceptors (Lipinski definition) is 10. The molecule has 0 spiro atoms. The van der Waals surface area contributed by atoms with Crippen LogP contribution in [-0.2, 0) is 25.0 Å². The molecule has 0 saturated carbocycles. The van der Waals surface area contributed by atoms with Crippen LogP contribution >= 0.6 is 7.75 Å². The van der Waals surface area contributed by atoms with Crippen molar-refractivity contribution in [2.75, 3.05) is 6.61 Å². The van der Waals surface area contributed by atoms with E-state index in [9.17, 15) is 34.1 Å². The molecule has 3 rings (SSSR count). The summed E-state index contributed by atoms with van der Waals surface area (Å²) >= 11 is 0. The van der Waals surface area contributed by atoms with Gasteiger partial charge < -0.3 is 30.6 Å². The van der Waals surface area contributed by atoms with Gasteiger partial charge in [-0.3, -0.25) is 28.8 Å². The maximum absolute atomic E-state index is 12.2. The fourth-order valence-electron chi connectivity index (χ4n) is 3.03. The highest BCUT2D eigenvalue weighted by atomic mass is 31.2. The molecular formula is C16H23N6O9P. The van der Waals surface area contributed by atoms with E-state index in [1.165, 1.54) is 19.4 Å². The van der Waals surface area contributed by atoms with E-state index >= 15 is 0 Å². The van der Waals surface area contributed by atoms with Gasteiger partial charge in [0.05, 0.1) is 19.0 Å². The lowest BCUT2D eigenvalue weighted by Crippen LogP contribution is -2.41. The molecule has 8 N–H and O–H groups in total. The molecule has 0 radical (unpaired) electrons. The Morgan fingerprint density at radius 2 is 2.16 bits per heavy atom. The first-order valence-electron chi connectivity index (χ1n) is 9.34. The van der Waals surface area contributed by atoms with Crippen molar-refractivity contribution in [3.8, 4) is 0 Å². The van der Waals surface area contributed by atoms with Gasteiger partial charge in [0.25, 0.3) is 5.56 Å². The van der Waals surface area contributed by atoms with Crippen LogP contribution in [0.3, 0.4) is 0 Å². The number of aliphatic hydroxyl groups is 2. The number of nitrogens with two attached hydrogens (primary N) is 1. The standard InChI is InChI=1S/C16H23N6O9P/c1-7-4-22(16(27)20-13(7)25)15-12(24)11(23)10(31-15)5-30-32(28,29)21-14(26)9(17)2-8-3-18-6-19-8/h3-4,6,9-12,15,23-24H,2,5,17H2,1H3,(H,18,19)(H,20,25,27)(H2,21,26,28,29)/t9-,10+,11+,12+,15-/m0/s1. The number of ether oxygens (including phenoxy) is 1. The summed E-state index contributed by atoms with van der Waals surface area (Å²) in [5.74, 6) is -0.966. The van der Waals surface area contributed by atoms with E-state index in [4.69, 9.17) is 15.0 Å². The molecule has 1 saturated heterocycles. The highest BCUT2D eigenvalue weighted by Gasteiger charge is 2.45. The Balaban J connectivity index is 1.60. The van der Waals surface area contributed by atoms with Gasteiger partial charge in [-0.1, -0.05) is 0 Å². The van der Waals surface area contributed by atoms with Gasteiger partial charge in [0.2, 0.25) is 5.91 Å². The maximum atomic E-state index is 12.2. The Labute approximate surface area is 179 Å². The lowest BCUT2D eigenvalue weighted by Gasteiger charge is -2.19. The van der Waals surface area contributed by atoms with Crippen molar-refractivity contribution in [2.24, 2.45) is 5.73 Å². The third-order valence-electron chi connectivity index (χ3n) is 4.75. The van der Waals surface area contributed by atoms with Crippen molar-refractivity contribution < 1.29 is 33.7 Å². The van der Waals surface area contributed by atoms with Crippen LogP contribution in [0.15, 0.2) is 28.3 Å². The number of rotatable bonds is 8. The van der Waals surface area contributed by atoms with Crippen molar-refractivity contribution in [2.45, 2.75) is 43.9 Å². The fourth-order valence-corrected chi connectivity index (χ4v) is 3.88. The van der Waals surface area contributed by atoms with Crippen molar-refractivity contribution in [3.63, 3.8) is 0 Å². The van der Waals surface area contributed by atoms with Gasteiger partial charge in [-0.2, -0.15) is 0 Å². The monoisotopic (exact) mass is 474 g/mol. The second-order valence-electron chi connectivity index (χ2n) is 7.20. The molecular weight excluding hydrogens is 451 g/mol. The van der Waals surface area contributed by atoms with Gasteiger partial charge in [0.1, 0.15) is 18.3 Å². The Kier molecular flexibility index (Phi) is 7.09. The molecule has 0 aliphatic carbocycles. The molecule has 1 unspecified atom stereocenters. The van der Waals surface area contributed by atoms with Crippen molar-refractivity contribution in [1.82, 2.24) is 24.6 Å². The normalized spacial score (nSPS) is 25.9. The Morgan fingerprint density at radius 1 is 1.44 bits per heavy atom. The zero-order valence-electron chi connectivity index (χ0n) is 16.7. The summed E-state index contributed by atoms with van der Waals surface area (Å²) in [6.45, 7) is 0.713. The third-order valence-corrected chi connectivity index (χ3v) is 5.76. The number of aryl methyl sites for hydroxylation is 1. The van der Waals surface area contributed by atoms with E-state index in [2.05, 4.69) is 9.97 Å². The number of carbonyl (C=O) groups is 1. The van der Waals surface area contributed by atoms with Gasteiger partial charge in [-0.25, -0.2) is 14.3 Å². The Morgan fingerprint density at radius 3 is 2.81 bits per heavy atom. The molecule has 32 heavy (non-hydrogen) atoms. The molecule has 1 aliphatic rings. The van der Waals surface area contributed by atoms with Crippen molar-refractivity contribution >= 4 is 13.7 Å². The summed E-state index contributed by atoms with van der Waals surface area (Å²) in [4.78, 5) is 54.0. The first kappa shape index (κ1) is 24.0. The third kappa shape index (κ3) is 5.39. The van der Waals surface area contributed by atoms with E-state index in [0.717, 1.165) is 10.8 Å². The van der Waals surface area contributed by atoms with E-state index in [1.807, 2.05) is 4.98 Å². The van der Waals surface area contributed by atoms with Gasteiger partial charge in [0.15, 0.2) is 6.23 Å². The molecule has 1 fully saturated rings.